The maximum absolute atomic E-state index is 13.1. The van der Waals surface area contributed by atoms with Gasteiger partial charge in [0, 0.05) is 32.7 Å². The lowest BCUT2D eigenvalue weighted by Gasteiger charge is -2.56. The molecular formula is C36H45N5O4S. The molecule has 2 heterocycles. The number of sulfonamides is 1. The van der Waals surface area contributed by atoms with Gasteiger partial charge in [-0.15, -0.1) is 10.2 Å². The second kappa shape index (κ2) is 12.6. The van der Waals surface area contributed by atoms with Gasteiger partial charge in [0.25, 0.3) is 5.91 Å². The summed E-state index contributed by atoms with van der Waals surface area (Å²) in [6, 6.07) is 18.3. The average molecular weight is 644 g/mol. The summed E-state index contributed by atoms with van der Waals surface area (Å²) in [5.74, 6) is 2.89. The van der Waals surface area contributed by atoms with Crippen LogP contribution in [0.15, 0.2) is 54.6 Å². The summed E-state index contributed by atoms with van der Waals surface area (Å²) < 4.78 is 34.2. The van der Waals surface area contributed by atoms with Gasteiger partial charge in [0.2, 0.25) is 10.0 Å². The molecule has 0 radical (unpaired) electrons. The number of anilines is 1. The number of benzene rings is 2. The van der Waals surface area contributed by atoms with Crippen molar-refractivity contribution >= 4 is 21.7 Å². The molecule has 1 N–H and O–H groups in total. The van der Waals surface area contributed by atoms with Gasteiger partial charge in [-0.05, 0) is 122 Å². The van der Waals surface area contributed by atoms with Crippen molar-refractivity contribution in [3.05, 3.63) is 71.4 Å². The molecule has 5 fully saturated rings. The number of rotatable bonds is 10. The van der Waals surface area contributed by atoms with Crippen LogP contribution in [0.4, 0.5) is 5.82 Å². The highest BCUT2D eigenvalue weighted by molar-refractivity contribution is 7.90. The Bertz CT molecular complexity index is 1650. The van der Waals surface area contributed by atoms with Crippen molar-refractivity contribution in [2.24, 2.45) is 23.2 Å². The molecule has 0 unspecified atom stereocenters. The van der Waals surface area contributed by atoms with E-state index in [4.69, 9.17) is 4.74 Å². The highest BCUT2D eigenvalue weighted by Gasteiger charge is 2.52. The molecule has 1 amide bonds. The Morgan fingerprint density at radius 2 is 1.65 bits per heavy atom. The highest BCUT2D eigenvalue weighted by atomic mass is 32.2. The number of carbonyl (C=O) groups excluding carboxylic acids is 1. The Kier molecular flexibility index (Phi) is 8.52. The summed E-state index contributed by atoms with van der Waals surface area (Å²) in [5, 5.41) is 8.42. The number of piperazine rings is 1. The Labute approximate surface area is 272 Å². The van der Waals surface area contributed by atoms with Crippen molar-refractivity contribution < 1.29 is 17.9 Å². The first kappa shape index (κ1) is 31.1. The highest BCUT2D eigenvalue weighted by Crippen LogP contribution is 2.60. The molecule has 4 aliphatic carbocycles. The van der Waals surface area contributed by atoms with Gasteiger partial charge >= 0.3 is 0 Å². The van der Waals surface area contributed by atoms with Gasteiger partial charge in [-0.25, -0.2) is 13.1 Å². The summed E-state index contributed by atoms with van der Waals surface area (Å²) in [7, 11) is -3.77. The van der Waals surface area contributed by atoms with E-state index in [1.807, 2.05) is 19.1 Å². The average Bonchev–Trinajstić information content (AvgIpc) is 3.00. The van der Waals surface area contributed by atoms with Gasteiger partial charge in [-0.3, -0.25) is 9.69 Å². The van der Waals surface area contributed by atoms with E-state index < -0.39 is 15.9 Å². The van der Waals surface area contributed by atoms with Crippen LogP contribution in [-0.2, 0) is 16.6 Å². The minimum absolute atomic E-state index is 0.0277. The van der Waals surface area contributed by atoms with Gasteiger partial charge in [0.05, 0.1) is 12.4 Å². The minimum atomic E-state index is -3.77. The maximum Gasteiger partial charge on any atom is 0.285 e. The van der Waals surface area contributed by atoms with Crippen molar-refractivity contribution in [1.82, 2.24) is 19.8 Å². The number of nitrogens with one attached hydrogen (secondary N) is 1. The fourth-order valence-electron chi connectivity index (χ4n) is 9.18. The number of amides is 1. The fraction of sp³-hybridized carbons (Fsp3) is 0.528. The van der Waals surface area contributed by atoms with E-state index in [1.165, 1.54) is 36.0 Å². The third kappa shape index (κ3) is 6.79. The van der Waals surface area contributed by atoms with Crippen LogP contribution in [0.5, 0.6) is 5.75 Å². The number of hydrogen-bond acceptors (Lipinski definition) is 8. The van der Waals surface area contributed by atoms with Gasteiger partial charge < -0.3 is 9.64 Å². The standard InChI is InChI=1S/C36H45N5O4S/c1-3-45-31-6-4-5-30(19-31)32-8-7-26(15-25(32)2)23-40-11-13-41(14-12-40)34-10-9-33(37-38-34)35(42)39-46(43,44)24-36-20-27-16-28(21-36)18-29(17-27)22-36/h4-10,15,19,27-29H,3,11-14,16-18,20-24H2,1-2H3,(H,39,42). The molecular weight excluding hydrogens is 598 g/mol. The summed E-state index contributed by atoms with van der Waals surface area (Å²) in [5.41, 5.74) is 4.75. The van der Waals surface area contributed by atoms with E-state index in [9.17, 15) is 13.2 Å². The van der Waals surface area contributed by atoms with Crippen molar-refractivity contribution in [3.8, 4) is 16.9 Å². The molecule has 5 aliphatic rings. The van der Waals surface area contributed by atoms with Gasteiger partial charge in [0.1, 0.15) is 5.75 Å². The Balaban J connectivity index is 0.908. The Hall–Kier alpha value is -3.50. The van der Waals surface area contributed by atoms with Gasteiger partial charge in [-0.1, -0.05) is 30.3 Å². The number of aromatic nitrogens is 2. The quantitative estimate of drug-likeness (QED) is 0.311. The normalized spacial score (nSPS) is 25.9. The van der Waals surface area contributed by atoms with E-state index in [0.717, 1.165) is 63.3 Å². The SMILES string of the molecule is CCOc1cccc(-c2ccc(CN3CCN(c4ccc(C(=O)NS(=O)(=O)CC56CC7CC(CC(C7)C5)C6)nn4)CC3)cc2C)c1. The molecule has 9 nitrogen and oxygen atoms in total. The van der Waals surface area contributed by atoms with Crippen LogP contribution < -0.4 is 14.4 Å². The van der Waals surface area contributed by atoms with Crippen LogP contribution in [0.1, 0.15) is 67.1 Å². The van der Waals surface area contributed by atoms with Crippen molar-refractivity contribution in [1.29, 1.82) is 0 Å². The number of hydrogen-bond donors (Lipinski definition) is 1. The summed E-state index contributed by atoms with van der Waals surface area (Å²) in [6.07, 6.45) is 6.69. The smallest absolute Gasteiger partial charge is 0.285 e. The third-order valence-corrected chi connectivity index (χ3v) is 12.1. The van der Waals surface area contributed by atoms with Gasteiger partial charge in [0.15, 0.2) is 11.5 Å². The van der Waals surface area contributed by atoms with E-state index in [2.05, 4.69) is 62.0 Å². The molecule has 4 bridgehead atoms. The molecule has 10 heteroatoms. The summed E-state index contributed by atoms with van der Waals surface area (Å²) in [4.78, 5) is 17.5. The van der Waals surface area contributed by atoms with Crippen LogP contribution in [0, 0.1) is 30.1 Å². The Morgan fingerprint density at radius 1 is 0.935 bits per heavy atom. The summed E-state index contributed by atoms with van der Waals surface area (Å²) >= 11 is 0. The first-order valence-electron chi connectivity index (χ1n) is 16.8. The molecule has 0 atom stereocenters. The van der Waals surface area contributed by atoms with Crippen molar-refractivity contribution in [2.75, 3.05) is 43.4 Å². The zero-order valence-electron chi connectivity index (χ0n) is 27.0. The van der Waals surface area contributed by atoms with Crippen LogP contribution in [0.25, 0.3) is 11.1 Å². The lowest BCUT2D eigenvalue weighted by atomic mass is 9.50. The monoisotopic (exact) mass is 643 g/mol. The topological polar surface area (TPSA) is 105 Å². The Morgan fingerprint density at radius 3 is 2.28 bits per heavy atom. The van der Waals surface area contributed by atoms with Crippen molar-refractivity contribution in [2.45, 2.75) is 58.9 Å². The lowest BCUT2D eigenvalue weighted by molar-refractivity contribution is -0.0391. The predicted octanol–water partition coefficient (Wildman–Crippen LogP) is 5.45. The molecule has 244 valence electrons. The molecule has 1 aromatic heterocycles. The fourth-order valence-corrected chi connectivity index (χ4v) is 10.8. The molecule has 46 heavy (non-hydrogen) atoms. The number of ether oxygens (including phenoxy) is 1. The molecule has 0 spiro atoms. The zero-order chi connectivity index (χ0) is 31.9. The molecule has 2 aromatic carbocycles. The number of carbonyl (C=O) groups is 1. The zero-order valence-corrected chi connectivity index (χ0v) is 27.8. The molecule has 1 aliphatic heterocycles. The van der Waals surface area contributed by atoms with Crippen LogP contribution in [-0.4, -0.2) is 68.0 Å². The van der Waals surface area contributed by atoms with E-state index >= 15 is 0 Å². The van der Waals surface area contributed by atoms with E-state index in [1.54, 1.807) is 12.1 Å². The second-order valence-electron chi connectivity index (χ2n) is 14.3. The summed E-state index contributed by atoms with van der Waals surface area (Å²) in [6.45, 7) is 9.02. The molecule has 1 saturated heterocycles. The van der Waals surface area contributed by atoms with Crippen molar-refractivity contribution in [3.63, 3.8) is 0 Å². The first-order chi connectivity index (χ1) is 22.2. The lowest BCUT2D eigenvalue weighted by Crippen LogP contribution is -2.51. The maximum atomic E-state index is 13.1. The largest absolute Gasteiger partial charge is 0.494 e. The predicted molar refractivity (Wildman–Crippen MR) is 179 cm³/mol. The molecule has 3 aromatic rings. The van der Waals surface area contributed by atoms with Crippen LogP contribution >= 0.6 is 0 Å². The first-order valence-corrected chi connectivity index (χ1v) is 18.5. The minimum Gasteiger partial charge on any atom is -0.494 e. The molecule has 8 rings (SSSR count). The van der Waals surface area contributed by atoms with Crippen LogP contribution in [0.2, 0.25) is 0 Å². The molecule has 4 saturated carbocycles. The van der Waals surface area contributed by atoms with Crippen LogP contribution in [0.3, 0.4) is 0 Å². The van der Waals surface area contributed by atoms with Gasteiger partial charge in [-0.2, -0.15) is 0 Å². The van der Waals surface area contributed by atoms with E-state index in [-0.39, 0.29) is 16.9 Å². The van der Waals surface area contributed by atoms with E-state index in [0.29, 0.717) is 30.2 Å². The third-order valence-electron chi connectivity index (χ3n) is 10.6. The number of nitrogens with zero attached hydrogens (tertiary/aromatic N) is 4. The number of aryl methyl sites for hydroxylation is 1. The second-order valence-corrected chi connectivity index (χ2v) is 16.0.